The van der Waals surface area contributed by atoms with E-state index in [-0.39, 0.29) is 18.6 Å². The first kappa shape index (κ1) is 16.8. The Morgan fingerprint density at radius 2 is 1.90 bits per heavy atom. The molecular formula is C14H26N2O4. The fraction of sp³-hybridized carbons (Fsp3) is 0.857. The van der Waals surface area contributed by atoms with Gasteiger partial charge in [0.25, 0.3) is 0 Å². The smallest absolute Gasteiger partial charge is 0.334 e. The fourth-order valence-corrected chi connectivity index (χ4v) is 2.44. The third-order valence-corrected chi connectivity index (χ3v) is 3.71. The predicted molar refractivity (Wildman–Crippen MR) is 75.5 cm³/mol. The van der Waals surface area contributed by atoms with Crippen molar-refractivity contribution in [3.8, 4) is 0 Å². The number of amides is 2. The zero-order valence-corrected chi connectivity index (χ0v) is 12.3. The summed E-state index contributed by atoms with van der Waals surface area (Å²) in [6.45, 7) is 4.65. The maximum Gasteiger partial charge on any atom is 0.334 e. The van der Waals surface area contributed by atoms with Crippen molar-refractivity contribution >= 4 is 12.0 Å². The molecule has 1 rings (SSSR count). The molecule has 1 atom stereocenters. The van der Waals surface area contributed by atoms with E-state index in [0.717, 1.165) is 32.1 Å². The van der Waals surface area contributed by atoms with Crippen LogP contribution in [0.4, 0.5) is 4.79 Å². The minimum atomic E-state index is -1.55. The highest BCUT2D eigenvalue weighted by atomic mass is 16.4. The van der Waals surface area contributed by atoms with Gasteiger partial charge in [0.15, 0.2) is 6.10 Å². The van der Waals surface area contributed by atoms with Gasteiger partial charge in [0.1, 0.15) is 0 Å². The van der Waals surface area contributed by atoms with E-state index >= 15 is 0 Å². The zero-order chi connectivity index (χ0) is 15.1. The van der Waals surface area contributed by atoms with Crippen LogP contribution in [0.1, 0.15) is 46.0 Å². The Bertz CT molecular complexity index is 327. The number of carboxylic acid groups (broad SMARTS) is 1. The largest absolute Gasteiger partial charge is 0.479 e. The van der Waals surface area contributed by atoms with Crippen molar-refractivity contribution in [3.05, 3.63) is 0 Å². The SMILES string of the molecule is CC(C)CCN(C(=O)NC[C@H](O)C(=O)O)C1CCCC1. The van der Waals surface area contributed by atoms with Crippen LogP contribution in [0.5, 0.6) is 0 Å². The molecule has 0 bridgehead atoms. The van der Waals surface area contributed by atoms with Gasteiger partial charge >= 0.3 is 12.0 Å². The van der Waals surface area contributed by atoms with Gasteiger partial charge in [0, 0.05) is 12.6 Å². The number of nitrogens with one attached hydrogen (secondary N) is 1. The molecule has 0 aromatic rings. The molecule has 0 unspecified atom stereocenters. The van der Waals surface area contributed by atoms with Gasteiger partial charge in [-0.1, -0.05) is 26.7 Å². The summed E-state index contributed by atoms with van der Waals surface area (Å²) in [5.74, 6) is -0.809. The molecule has 0 radical (unpaired) electrons. The second kappa shape index (κ2) is 8.09. The molecule has 0 heterocycles. The van der Waals surface area contributed by atoms with E-state index < -0.39 is 12.1 Å². The summed E-state index contributed by atoms with van der Waals surface area (Å²) >= 11 is 0. The lowest BCUT2D eigenvalue weighted by molar-refractivity contribution is -0.146. The number of rotatable bonds is 7. The third-order valence-electron chi connectivity index (χ3n) is 3.71. The monoisotopic (exact) mass is 286 g/mol. The minimum absolute atomic E-state index is 0.246. The summed E-state index contributed by atoms with van der Waals surface area (Å²) in [5, 5.41) is 20.3. The molecule has 20 heavy (non-hydrogen) atoms. The number of carbonyl (C=O) groups excluding carboxylic acids is 1. The van der Waals surface area contributed by atoms with Crippen LogP contribution in [0.15, 0.2) is 0 Å². The van der Waals surface area contributed by atoms with E-state index in [9.17, 15) is 14.7 Å². The summed E-state index contributed by atoms with van der Waals surface area (Å²) in [4.78, 5) is 24.5. The van der Waals surface area contributed by atoms with Crippen LogP contribution in [0, 0.1) is 5.92 Å². The van der Waals surface area contributed by atoms with E-state index in [4.69, 9.17) is 5.11 Å². The number of carbonyl (C=O) groups is 2. The lowest BCUT2D eigenvalue weighted by Gasteiger charge is -2.30. The van der Waals surface area contributed by atoms with Gasteiger partial charge in [0.05, 0.1) is 6.54 Å². The number of aliphatic carboxylic acids is 1. The first-order valence-electron chi connectivity index (χ1n) is 7.37. The van der Waals surface area contributed by atoms with Crippen LogP contribution in [0.25, 0.3) is 0 Å². The molecule has 2 amide bonds. The summed E-state index contributed by atoms with van der Waals surface area (Å²) in [7, 11) is 0. The van der Waals surface area contributed by atoms with E-state index in [0.29, 0.717) is 12.5 Å². The highest BCUT2D eigenvalue weighted by Crippen LogP contribution is 2.24. The Kier molecular flexibility index (Phi) is 6.78. The summed E-state index contributed by atoms with van der Waals surface area (Å²) in [6.07, 6.45) is 3.65. The number of aliphatic hydroxyl groups excluding tert-OH is 1. The average molecular weight is 286 g/mol. The molecule has 1 saturated carbocycles. The maximum atomic E-state index is 12.2. The minimum Gasteiger partial charge on any atom is -0.479 e. The normalized spacial score (nSPS) is 17.2. The molecule has 1 fully saturated rings. The van der Waals surface area contributed by atoms with E-state index in [1.54, 1.807) is 0 Å². The van der Waals surface area contributed by atoms with Crippen LogP contribution < -0.4 is 5.32 Å². The molecule has 0 spiro atoms. The molecule has 0 aliphatic heterocycles. The number of aliphatic hydroxyl groups is 1. The van der Waals surface area contributed by atoms with Crippen LogP contribution in [0.3, 0.4) is 0 Å². The van der Waals surface area contributed by atoms with Gasteiger partial charge in [-0.25, -0.2) is 9.59 Å². The van der Waals surface area contributed by atoms with Gasteiger partial charge in [-0.15, -0.1) is 0 Å². The molecule has 3 N–H and O–H groups in total. The second-order valence-electron chi connectivity index (χ2n) is 5.85. The van der Waals surface area contributed by atoms with E-state index in [1.807, 2.05) is 4.90 Å². The number of carboxylic acids is 1. The van der Waals surface area contributed by atoms with Crippen molar-refractivity contribution in [3.63, 3.8) is 0 Å². The number of hydrogen-bond donors (Lipinski definition) is 3. The quantitative estimate of drug-likeness (QED) is 0.660. The Hall–Kier alpha value is -1.30. The van der Waals surface area contributed by atoms with E-state index in [2.05, 4.69) is 19.2 Å². The van der Waals surface area contributed by atoms with Gasteiger partial charge in [-0.05, 0) is 25.2 Å². The van der Waals surface area contributed by atoms with Gasteiger partial charge in [-0.2, -0.15) is 0 Å². The summed E-state index contributed by atoms with van der Waals surface area (Å²) in [6, 6.07) is -0.0198. The molecule has 116 valence electrons. The van der Waals surface area contributed by atoms with Crippen LogP contribution >= 0.6 is 0 Å². The fourth-order valence-electron chi connectivity index (χ4n) is 2.44. The molecule has 6 nitrogen and oxygen atoms in total. The lowest BCUT2D eigenvalue weighted by atomic mass is 10.1. The van der Waals surface area contributed by atoms with Crippen molar-refractivity contribution in [2.24, 2.45) is 5.92 Å². The molecule has 0 aromatic carbocycles. The Morgan fingerprint density at radius 3 is 2.40 bits per heavy atom. The van der Waals surface area contributed by atoms with Crippen molar-refractivity contribution in [2.45, 2.75) is 58.1 Å². The first-order valence-corrected chi connectivity index (χ1v) is 7.37. The third kappa shape index (κ3) is 5.36. The molecule has 6 heteroatoms. The number of urea groups is 1. The van der Waals surface area contributed by atoms with Crippen LogP contribution in [0.2, 0.25) is 0 Å². The summed E-state index contributed by atoms with van der Waals surface area (Å²) in [5.41, 5.74) is 0. The van der Waals surface area contributed by atoms with Crippen molar-refractivity contribution < 1.29 is 19.8 Å². The van der Waals surface area contributed by atoms with E-state index in [1.165, 1.54) is 0 Å². The lowest BCUT2D eigenvalue weighted by Crippen LogP contribution is -2.48. The van der Waals surface area contributed by atoms with Gasteiger partial charge < -0.3 is 20.4 Å². The second-order valence-corrected chi connectivity index (χ2v) is 5.85. The average Bonchev–Trinajstić information content (AvgIpc) is 2.89. The van der Waals surface area contributed by atoms with Gasteiger partial charge in [0.2, 0.25) is 0 Å². The Morgan fingerprint density at radius 1 is 1.30 bits per heavy atom. The topological polar surface area (TPSA) is 89.9 Å². The first-order chi connectivity index (χ1) is 9.41. The zero-order valence-electron chi connectivity index (χ0n) is 12.3. The highest BCUT2D eigenvalue weighted by Gasteiger charge is 2.27. The Balaban J connectivity index is 2.52. The molecule has 1 aliphatic rings. The molecule has 0 aromatic heterocycles. The predicted octanol–water partition coefficient (Wildman–Crippen LogP) is 1.43. The van der Waals surface area contributed by atoms with Crippen molar-refractivity contribution in [1.29, 1.82) is 0 Å². The Labute approximate surface area is 120 Å². The number of hydrogen-bond acceptors (Lipinski definition) is 3. The van der Waals surface area contributed by atoms with Crippen LogP contribution in [-0.2, 0) is 4.79 Å². The van der Waals surface area contributed by atoms with Gasteiger partial charge in [-0.3, -0.25) is 0 Å². The highest BCUT2D eigenvalue weighted by molar-refractivity contribution is 5.77. The maximum absolute atomic E-state index is 12.2. The molecular weight excluding hydrogens is 260 g/mol. The molecule has 0 saturated heterocycles. The number of nitrogens with zero attached hydrogens (tertiary/aromatic N) is 1. The van der Waals surface area contributed by atoms with Crippen LogP contribution in [-0.4, -0.2) is 52.3 Å². The van der Waals surface area contributed by atoms with Crippen molar-refractivity contribution in [2.75, 3.05) is 13.1 Å². The van der Waals surface area contributed by atoms with Crippen molar-refractivity contribution in [1.82, 2.24) is 10.2 Å². The molecule has 1 aliphatic carbocycles. The standard InChI is InChI=1S/C14H26N2O4/c1-10(2)7-8-16(11-5-3-4-6-11)14(20)15-9-12(17)13(18)19/h10-12,17H,3-9H2,1-2H3,(H,15,20)(H,18,19)/t12-/m0/s1. The summed E-state index contributed by atoms with van der Waals surface area (Å²) < 4.78 is 0.